The van der Waals surface area contributed by atoms with Crippen LogP contribution in [0.4, 0.5) is 4.79 Å². The lowest BCUT2D eigenvalue weighted by atomic mass is 9.87. The van der Waals surface area contributed by atoms with Crippen LogP contribution >= 0.6 is 12.4 Å². The number of carbonyl (C=O) groups excluding carboxylic acids is 1. The molecule has 3 atom stereocenters. The van der Waals surface area contributed by atoms with E-state index in [1.54, 1.807) is 0 Å². The van der Waals surface area contributed by atoms with E-state index in [0.717, 1.165) is 25.8 Å². The predicted molar refractivity (Wildman–Crippen MR) is 69.3 cm³/mol. The van der Waals surface area contributed by atoms with Crippen LogP contribution in [0.3, 0.4) is 0 Å². The highest BCUT2D eigenvalue weighted by Gasteiger charge is 2.43. The Morgan fingerprint density at radius 2 is 2.00 bits per heavy atom. The minimum absolute atomic E-state index is 0. The second-order valence-corrected chi connectivity index (χ2v) is 6.04. The summed E-state index contributed by atoms with van der Waals surface area (Å²) in [5, 5.41) is 0. The summed E-state index contributed by atoms with van der Waals surface area (Å²) in [7, 11) is 0. The predicted octanol–water partition coefficient (Wildman–Crippen LogP) is 2.15. The van der Waals surface area contributed by atoms with Crippen molar-refractivity contribution in [1.29, 1.82) is 0 Å². The Morgan fingerprint density at radius 1 is 1.35 bits per heavy atom. The first-order valence-electron chi connectivity index (χ1n) is 6.12. The fraction of sp³-hybridized carbons (Fsp3) is 0.917. The summed E-state index contributed by atoms with van der Waals surface area (Å²) in [6.07, 6.45) is 3.05. The molecule has 0 aromatic heterocycles. The van der Waals surface area contributed by atoms with E-state index in [4.69, 9.17) is 10.5 Å². The van der Waals surface area contributed by atoms with Gasteiger partial charge in [0.1, 0.15) is 5.60 Å². The zero-order valence-corrected chi connectivity index (χ0v) is 11.6. The summed E-state index contributed by atoms with van der Waals surface area (Å²) in [6.45, 7) is 6.51. The van der Waals surface area contributed by atoms with Crippen LogP contribution in [-0.2, 0) is 4.74 Å². The van der Waals surface area contributed by atoms with E-state index in [2.05, 4.69) is 0 Å². The number of hydrogen-bond donors (Lipinski definition) is 1. The van der Waals surface area contributed by atoms with E-state index in [9.17, 15) is 4.79 Å². The third-order valence-electron chi connectivity index (χ3n) is 3.46. The Bertz CT molecular complexity index is 291. The molecule has 1 aliphatic heterocycles. The van der Waals surface area contributed by atoms with Crippen molar-refractivity contribution in [1.82, 2.24) is 4.90 Å². The molecule has 2 N–H and O–H groups in total. The van der Waals surface area contributed by atoms with Crippen molar-refractivity contribution in [3.8, 4) is 0 Å². The van der Waals surface area contributed by atoms with Gasteiger partial charge in [-0.3, -0.25) is 0 Å². The van der Waals surface area contributed by atoms with Crippen LogP contribution < -0.4 is 5.73 Å². The lowest BCUT2D eigenvalue weighted by Crippen LogP contribution is -2.48. The normalized spacial score (nSPS) is 32.0. The van der Waals surface area contributed by atoms with Gasteiger partial charge in [-0.2, -0.15) is 0 Å². The Balaban J connectivity index is 0.00000144. The van der Waals surface area contributed by atoms with Gasteiger partial charge in [0.2, 0.25) is 0 Å². The van der Waals surface area contributed by atoms with Gasteiger partial charge < -0.3 is 15.4 Å². The minimum atomic E-state index is -0.419. The maximum Gasteiger partial charge on any atom is 0.410 e. The molecule has 2 bridgehead atoms. The standard InChI is InChI=1S/C12H22N2O2.ClH/c1-12(2,3)16-11(15)14-7-8-4-5-9(13)10(14)6-8;/h8-10H,4-7,13H2,1-3H3;1H. The monoisotopic (exact) mass is 262 g/mol. The summed E-state index contributed by atoms with van der Waals surface area (Å²) in [5.74, 6) is 0.636. The highest BCUT2D eigenvalue weighted by atomic mass is 35.5. The highest BCUT2D eigenvalue weighted by Crippen LogP contribution is 2.35. The van der Waals surface area contributed by atoms with Crippen LogP contribution in [0.2, 0.25) is 0 Å². The molecule has 4 nitrogen and oxygen atoms in total. The van der Waals surface area contributed by atoms with Crippen LogP contribution in [0.25, 0.3) is 0 Å². The Labute approximate surface area is 109 Å². The first-order valence-corrected chi connectivity index (χ1v) is 6.12. The van der Waals surface area contributed by atoms with Gasteiger partial charge in [0, 0.05) is 12.6 Å². The molecule has 5 heteroatoms. The van der Waals surface area contributed by atoms with Crippen LogP contribution in [0.1, 0.15) is 40.0 Å². The second-order valence-electron chi connectivity index (χ2n) is 6.04. The number of nitrogens with zero attached hydrogens (tertiary/aromatic N) is 1. The maximum absolute atomic E-state index is 12.0. The topological polar surface area (TPSA) is 55.6 Å². The molecule has 2 fully saturated rings. The van der Waals surface area contributed by atoms with Crippen LogP contribution in [0, 0.1) is 5.92 Å². The molecule has 0 spiro atoms. The zero-order chi connectivity index (χ0) is 11.9. The van der Waals surface area contributed by atoms with Gasteiger partial charge in [0.25, 0.3) is 0 Å². The van der Waals surface area contributed by atoms with E-state index in [0.29, 0.717) is 5.92 Å². The van der Waals surface area contributed by atoms with E-state index in [1.165, 1.54) is 0 Å². The first kappa shape index (κ1) is 14.6. The van der Waals surface area contributed by atoms with Crippen molar-refractivity contribution < 1.29 is 9.53 Å². The lowest BCUT2D eigenvalue weighted by Gasteiger charge is -2.31. The van der Waals surface area contributed by atoms with Gasteiger partial charge in [-0.1, -0.05) is 0 Å². The maximum atomic E-state index is 12.0. The Kier molecular flexibility index (Phi) is 4.31. The number of amides is 1. The number of likely N-dealkylation sites (tertiary alicyclic amines) is 1. The van der Waals surface area contributed by atoms with Crippen molar-refractivity contribution in [3.63, 3.8) is 0 Å². The quantitative estimate of drug-likeness (QED) is 0.728. The van der Waals surface area contributed by atoms with Gasteiger partial charge in [0.05, 0.1) is 6.04 Å². The van der Waals surface area contributed by atoms with Crippen molar-refractivity contribution in [2.24, 2.45) is 11.7 Å². The van der Waals surface area contributed by atoms with E-state index < -0.39 is 5.60 Å². The zero-order valence-electron chi connectivity index (χ0n) is 10.8. The van der Waals surface area contributed by atoms with Crippen molar-refractivity contribution in [2.75, 3.05) is 6.54 Å². The number of rotatable bonds is 0. The van der Waals surface area contributed by atoms with Crippen LogP contribution in [0.15, 0.2) is 0 Å². The van der Waals surface area contributed by atoms with E-state index >= 15 is 0 Å². The van der Waals surface area contributed by atoms with Crippen molar-refractivity contribution >= 4 is 18.5 Å². The molecular formula is C12H23ClN2O2. The average Bonchev–Trinajstić information content (AvgIpc) is 2.49. The van der Waals surface area contributed by atoms with E-state index in [1.807, 2.05) is 25.7 Å². The SMILES string of the molecule is CC(C)(C)OC(=O)N1CC2CCC(N)C1C2.Cl. The number of ether oxygens (including phenoxy) is 1. The number of fused-ring (bicyclic) bond motifs is 2. The number of hydrogen-bond acceptors (Lipinski definition) is 3. The molecule has 1 amide bonds. The molecule has 1 saturated heterocycles. The largest absolute Gasteiger partial charge is 0.444 e. The summed E-state index contributed by atoms with van der Waals surface area (Å²) in [4.78, 5) is 13.8. The van der Waals surface area contributed by atoms with Gasteiger partial charge in [-0.05, 0) is 46.0 Å². The highest BCUT2D eigenvalue weighted by molar-refractivity contribution is 5.85. The molecule has 17 heavy (non-hydrogen) atoms. The number of carbonyl (C=O) groups is 1. The summed E-state index contributed by atoms with van der Waals surface area (Å²) < 4.78 is 5.41. The molecule has 2 rings (SSSR count). The molecular weight excluding hydrogens is 240 g/mol. The van der Waals surface area contributed by atoms with Gasteiger partial charge in [-0.15, -0.1) is 12.4 Å². The number of halogens is 1. The van der Waals surface area contributed by atoms with Gasteiger partial charge >= 0.3 is 6.09 Å². The molecule has 1 aliphatic carbocycles. The van der Waals surface area contributed by atoms with Crippen LogP contribution in [0.5, 0.6) is 0 Å². The Hall–Kier alpha value is -0.480. The molecule has 0 aromatic carbocycles. The van der Waals surface area contributed by atoms with Gasteiger partial charge in [-0.25, -0.2) is 4.79 Å². The fourth-order valence-corrected chi connectivity index (χ4v) is 2.72. The number of nitrogens with two attached hydrogens (primary N) is 1. The second kappa shape index (κ2) is 5.02. The summed E-state index contributed by atoms with van der Waals surface area (Å²) in [5.41, 5.74) is 5.64. The molecule has 2 aliphatic rings. The van der Waals surface area contributed by atoms with E-state index in [-0.39, 0.29) is 30.6 Å². The van der Waals surface area contributed by atoms with Crippen molar-refractivity contribution in [3.05, 3.63) is 0 Å². The molecule has 100 valence electrons. The Morgan fingerprint density at radius 3 is 2.59 bits per heavy atom. The first-order chi connectivity index (χ1) is 7.37. The van der Waals surface area contributed by atoms with Crippen molar-refractivity contribution in [2.45, 2.75) is 57.7 Å². The molecule has 3 unspecified atom stereocenters. The smallest absolute Gasteiger partial charge is 0.410 e. The summed E-state index contributed by atoms with van der Waals surface area (Å²) >= 11 is 0. The molecule has 1 heterocycles. The molecule has 0 radical (unpaired) electrons. The fourth-order valence-electron chi connectivity index (χ4n) is 2.72. The molecule has 0 aromatic rings. The third-order valence-corrected chi connectivity index (χ3v) is 3.46. The van der Waals surface area contributed by atoms with Gasteiger partial charge in [0.15, 0.2) is 0 Å². The molecule has 1 saturated carbocycles. The minimum Gasteiger partial charge on any atom is -0.444 e. The van der Waals surface area contributed by atoms with Crippen LogP contribution in [-0.4, -0.2) is 35.2 Å². The lowest BCUT2D eigenvalue weighted by molar-refractivity contribution is 0.0210. The average molecular weight is 263 g/mol. The third kappa shape index (κ3) is 3.26. The summed E-state index contributed by atoms with van der Waals surface area (Å²) in [6, 6.07) is 0.333.